The second kappa shape index (κ2) is 7.27. The van der Waals surface area contributed by atoms with E-state index in [1.807, 2.05) is 6.07 Å². The summed E-state index contributed by atoms with van der Waals surface area (Å²) in [5.41, 5.74) is -2.63. The Bertz CT molecular complexity index is 1300. The van der Waals surface area contributed by atoms with Gasteiger partial charge in [0, 0.05) is 23.0 Å². The number of nitrogens with zero attached hydrogens (tertiary/aromatic N) is 1. The Kier molecular flexibility index (Phi) is 4.96. The fourth-order valence-corrected chi connectivity index (χ4v) is 7.17. The predicted octanol–water partition coefficient (Wildman–Crippen LogP) is 3.54. The number of aromatic nitrogens is 1. The topological polar surface area (TPSA) is 96.7 Å². The second-order valence-corrected chi connectivity index (χ2v) is 11.8. The minimum absolute atomic E-state index is 0.0596. The van der Waals surface area contributed by atoms with Gasteiger partial charge in [0.2, 0.25) is 0 Å². The molecule has 5 rings (SSSR count). The first kappa shape index (κ1) is 21.9. The number of aliphatic hydroxyl groups excluding tert-OH is 1. The summed E-state index contributed by atoms with van der Waals surface area (Å²) in [5.74, 6) is -0.734. The summed E-state index contributed by atoms with van der Waals surface area (Å²) in [7, 11) is -3.85. The third kappa shape index (κ3) is 2.83. The van der Waals surface area contributed by atoms with Crippen molar-refractivity contribution in [2.24, 2.45) is 0 Å². The zero-order chi connectivity index (χ0) is 22.9. The van der Waals surface area contributed by atoms with E-state index in [-0.39, 0.29) is 11.4 Å². The smallest absolute Gasteiger partial charge is 0.182 e. The Morgan fingerprint density at radius 3 is 2.41 bits per heavy atom. The molecule has 166 valence electrons. The molecule has 0 unspecified atom stereocenters. The fraction of sp³-hybridized carbons (Fsp3) is 0.261. The maximum atomic E-state index is 13.0. The summed E-state index contributed by atoms with van der Waals surface area (Å²) < 4.78 is 33.3. The summed E-state index contributed by atoms with van der Waals surface area (Å²) in [6.45, 7) is 0. The van der Waals surface area contributed by atoms with Crippen molar-refractivity contribution < 1.29 is 23.4 Å². The van der Waals surface area contributed by atoms with Gasteiger partial charge in [-0.3, -0.25) is 4.98 Å². The molecule has 0 bridgehead atoms. The summed E-state index contributed by atoms with van der Waals surface area (Å²) >= 11 is 9.55. The van der Waals surface area contributed by atoms with Crippen LogP contribution in [0.2, 0.25) is 5.02 Å². The molecule has 2 aromatic carbocycles. The highest BCUT2D eigenvalue weighted by Gasteiger charge is 2.78. The molecule has 1 aliphatic heterocycles. The quantitative estimate of drug-likeness (QED) is 0.532. The Labute approximate surface area is 198 Å². The monoisotopic (exact) mass is 535 g/mol. The molecule has 1 aliphatic carbocycles. The Morgan fingerprint density at radius 1 is 1.12 bits per heavy atom. The van der Waals surface area contributed by atoms with E-state index in [2.05, 4.69) is 20.9 Å². The van der Waals surface area contributed by atoms with Crippen molar-refractivity contribution in [3.05, 3.63) is 93.2 Å². The summed E-state index contributed by atoms with van der Waals surface area (Å²) in [4.78, 5) is 4.29. The van der Waals surface area contributed by atoms with Crippen LogP contribution in [0.3, 0.4) is 0 Å². The minimum atomic E-state index is -3.85. The van der Waals surface area contributed by atoms with Crippen molar-refractivity contribution in [2.75, 3.05) is 6.26 Å². The van der Waals surface area contributed by atoms with Gasteiger partial charge in [-0.25, -0.2) is 8.42 Å². The van der Waals surface area contributed by atoms with Crippen LogP contribution in [0.4, 0.5) is 0 Å². The van der Waals surface area contributed by atoms with Crippen molar-refractivity contribution >= 4 is 37.4 Å². The lowest BCUT2D eigenvalue weighted by molar-refractivity contribution is -0.150. The maximum absolute atomic E-state index is 13.0. The Hall–Kier alpha value is -1.97. The van der Waals surface area contributed by atoms with Crippen molar-refractivity contribution in [3.8, 4) is 5.75 Å². The lowest BCUT2D eigenvalue weighted by atomic mass is 9.72. The molecule has 32 heavy (non-hydrogen) atoms. The zero-order valence-corrected chi connectivity index (χ0v) is 20.0. The van der Waals surface area contributed by atoms with Crippen LogP contribution < -0.4 is 4.74 Å². The van der Waals surface area contributed by atoms with Gasteiger partial charge in [-0.15, -0.1) is 0 Å². The van der Waals surface area contributed by atoms with Gasteiger partial charge in [0.25, 0.3) is 0 Å². The van der Waals surface area contributed by atoms with Crippen molar-refractivity contribution in [1.82, 2.24) is 4.98 Å². The SMILES string of the molecule is CS(=O)(=O)[C@H]1[C@@H](O)[C@@]2(O)c3ncc(Cl)cc3O[C@@]2(c2ccc(Br)cc2)[C@@H]1c1ccccc1. The number of benzene rings is 2. The van der Waals surface area contributed by atoms with Crippen LogP contribution in [0, 0.1) is 0 Å². The minimum Gasteiger partial charge on any atom is -0.476 e. The van der Waals surface area contributed by atoms with Gasteiger partial charge in [0.1, 0.15) is 22.8 Å². The van der Waals surface area contributed by atoms with Gasteiger partial charge in [0.15, 0.2) is 21.0 Å². The number of pyridine rings is 1. The Morgan fingerprint density at radius 2 is 1.78 bits per heavy atom. The fourth-order valence-electron chi connectivity index (χ4n) is 5.25. The molecule has 2 N–H and O–H groups in total. The van der Waals surface area contributed by atoms with E-state index in [0.29, 0.717) is 16.1 Å². The van der Waals surface area contributed by atoms with Crippen LogP contribution in [0.15, 0.2) is 71.3 Å². The number of hydrogen-bond donors (Lipinski definition) is 2. The molecule has 0 amide bonds. The standard InChI is InChI=1S/C23H19BrClNO5S/c1-32(29,30)19-18(13-5-3-2-4-6-13)23(14-7-9-15(24)10-8-14)22(28,21(19)27)20-17(31-23)11-16(25)12-26-20/h2-12,18-19,21,27-28H,1H3/t18-,19-,21-,22+,23+/m1/s1. The first-order valence-corrected chi connectivity index (χ1v) is 13.0. The molecule has 1 fully saturated rings. The van der Waals surface area contributed by atoms with E-state index in [9.17, 15) is 18.6 Å². The largest absolute Gasteiger partial charge is 0.476 e. The number of hydrogen-bond acceptors (Lipinski definition) is 6. The highest BCUT2D eigenvalue weighted by molar-refractivity contribution is 9.10. The highest BCUT2D eigenvalue weighted by atomic mass is 79.9. The molecule has 0 radical (unpaired) electrons. The van der Waals surface area contributed by atoms with Crippen LogP contribution >= 0.6 is 27.5 Å². The van der Waals surface area contributed by atoms with Crippen LogP contribution in [0.25, 0.3) is 0 Å². The van der Waals surface area contributed by atoms with E-state index in [1.54, 1.807) is 48.5 Å². The lowest BCUT2D eigenvalue weighted by Crippen LogP contribution is -2.52. The first-order chi connectivity index (χ1) is 15.1. The zero-order valence-electron chi connectivity index (χ0n) is 16.8. The molecule has 6 nitrogen and oxygen atoms in total. The average molecular weight is 537 g/mol. The van der Waals surface area contributed by atoms with Gasteiger partial charge >= 0.3 is 0 Å². The molecule has 5 atom stereocenters. The third-order valence-electron chi connectivity index (χ3n) is 6.45. The summed E-state index contributed by atoms with van der Waals surface area (Å²) in [5, 5.41) is 22.7. The molecular formula is C23H19BrClNO5S. The van der Waals surface area contributed by atoms with Crippen LogP contribution in [0.1, 0.15) is 22.7 Å². The number of ether oxygens (including phenoxy) is 1. The van der Waals surface area contributed by atoms with Gasteiger partial charge in [-0.1, -0.05) is 70.0 Å². The average Bonchev–Trinajstić information content (AvgIpc) is 3.12. The first-order valence-electron chi connectivity index (χ1n) is 9.86. The normalized spacial score (nSPS) is 31.1. The van der Waals surface area contributed by atoms with E-state index < -0.39 is 38.3 Å². The lowest BCUT2D eigenvalue weighted by Gasteiger charge is -2.40. The molecule has 2 aliphatic rings. The highest BCUT2D eigenvalue weighted by Crippen LogP contribution is 2.67. The van der Waals surface area contributed by atoms with Gasteiger partial charge in [0.05, 0.1) is 10.9 Å². The van der Waals surface area contributed by atoms with E-state index in [0.717, 1.165) is 10.7 Å². The summed E-state index contributed by atoms with van der Waals surface area (Å²) in [6.07, 6.45) is 0.700. The van der Waals surface area contributed by atoms with Crippen molar-refractivity contribution in [2.45, 2.75) is 28.5 Å². The van der Waals surface area contributed by atoms with Crippen molar-refractivity contribution in [1.29, 1.82) is 0 Å². The number of fused-ring (bicyclic) bond motifs is 3. The van der Waals surface area contributed by atoms with E-state index >= 15 is 0 Å². The molecule has 3 aromatic rings. The van der Waals surface area contributed by atoms with Crippen LogP contribution in [-0.4, -0.2) is 41.2 Å². The molecule has 1 aromatic heterocycles. The third-order valence-corrected chi connectivity index (χ3v) is 8.70. The van der Waals surface area contributed by atoms with E-state index in [1.165, 1.54) is 12.3 Å². The predicted molar refractivity (Wildman–Crippen MR) is 123 cm³/mol. The molecule has 2 heterocycles. The number of sulfone groups is 1. The van der Waals surface area contributed by atoms with E-state index in [4.69, 9.17) is 16.3 Å². The number of rotatable bonds is 3. The molecule has 0 spiro atoms. The molecule has 9 heteroatoms. The van der Waals surface area contributed by atoms with Gasteiger partial charge in [-0.2, -0.15) is 0 Å². The summed E-state index contributed by atoms with van der Waals surface area (Å²) in [6, 6.07) is 17.5. The number of aliphatic hydroxyl groups is 2. The molecule has 1 saturated carbocycles. The second-order valence-electron chi connectivity index (χ2n) is 8.24. The Balaban J connectivity index is 1.90. The van der Waals surface area contributed by atoms with Gasteiger partial charge in [-0.05, 0) is 23.3 Å². The maximum Gasteiger partial charge on any atom is 0.182 e. The molecule has 0 saturated heterocycles. The number of halogens is 2. The van der Waals surface area contributed by atoms with Crippen molar-refractivity contribution in [3.63, 3.8) is 0 Å². The van der Waals surface area contributed by atoms with Crippen LogP contribution in [-0.2, 0) is 21.0 Å². The van der Waals surface area contributed by atoms with Gasteiger partial charge < -0.3 is 14.9 Å². The molecular weight excluding hydrogens is 518 g/mol. The van der Waals surface area contributed by atoms with Crippen LogP contribution in [0.5, 0.6) is 5.75 Å².